The molecule has 0 atom stereocenters. The van der Waals surface area contributed by atoms with E-state index in [1.807, 2.05) is 6.07 Å². The van der Waals surface area contributed by atoms with E-state index in [-0.39, 0.29) is 0 Å². The molecule has 0 saturated carbocycles. The van der Waals surface area contributed by atoms with Crippen molar-refractivity contribution >= 4 is 53.9 Å². The Morgan fingerprint density at radius 2 is 0.758 bits per heavy atom. The number of hydrogen-bond donors (Lipinski definition) is 0. The molecular weight excluding hydrogens is 749 g/mol. The van der Waals surface area contributed by atoms with Gasteiger partial charge in [-0.25, -0.2) is 9.97 Å². The molecule has 0 fully saturated rings. The lowest BCUT2D eigenvalue weighted by Crippen LogP contribution is -1.98. The van der Waals surface area contributed by atoms with Crippen LogP contribution in [0.4, 0.5) is 0 Å². The third-order valence-corrected chi connectivity index (χ3v) is 12.5. The molecule has 0 radical (unpaired) electrons. The van der Waals surface area contributed by atoms with Crippen molar-refractivity contribution in [3.63, 3.8) is 0 Å². The second-order valence-corrected chi connectivity index (χ2v) is 16.0. The van der Waals surface area contributed by atoms with Crippen molar-refractivity contribution < 1.29 is 0 Å². The highest BCUT2D eigenvalue weighted by Crippen LogP contribution is 2.48. The highest BCUT2D eigenvalue weighted by atomic mass is 14.9. The average molecular weight is 787 g/mol. The van der Waals surface area contributed by atoms with Crippen molar-refractivity contribution in [3.05, 3.63) is 231 Å². The molecule has 0 bridgehead atoms. The lowest BCUT2D eigenvalue weighted by Gasteiger charge is -2.21. The molecule has 62 heavy (non-hydrogen) atoms. The van der Waals surface area contributed by atoms with Crippen LogP contribution in [0.1, 0.15) is 0 Å². The molecule has 0 aliphatic rings. The van der Waals surface area contributed by atoms with Crippen molar-refractivity contribution in [1.82, 2.24) is 9.97 Å². The first-order valence-corrected chi connectivity index (χ1v) is 21.2. The molecule has 288 valence electrons. The molecule has 2 heteroatoms. The van der Waals surface area contributed by atoms with Crippen LogP contribution in [0.15, 0.2) is 231 Å². The Kier molecular flexibility index (Phi) is 8.53. The standard InChI is InChI=1S/C60H38N2/c1-3-19-41(20-4-1)57-51-29-15-16-30-52(51)59(58-46-25-10-9-18-40(46)33-34-54(57)58)53-36-35-50(47-26-12-13-27-48(47)53)56-38-55(61-60(62-56)42-21-5-2-6-22-42)49-28-14-11-24-45(49)44-32-31-39-17-7-8-23-43(39)37-44/h1-38H. The molecule has 0 N–H and O–H groups in total. The number of nitrogens with zero attached hydrogens (tertiary/aromatic N) is 2. The van der Waals surface area contributed by atoms with E-state index in [1.165, 1.54) is 70.7 Å². The minimum Gasteiger partial charge on any atom is -0.228 e. The van der Waals surface area contributed by atoms with E-state index in [0.717, 1.165) is 44.6 Å². The van der Waals surface area contributed by atoms with Gasteiger partial charge in [-0.15, -0.1) is 0 Å². The minimum absolute atomic E-state index is 0.694. The summed E-state index contributed by atoms with van der Waals surface area (Å²) < 4.78 is 0. The Morgan fingerprint density at radius 1 is 0.242 bits per heavy atom. The van der Waals surface area contributed by atoms with Crippen LogP contribution >= 0.6 is 0 Å². The predicted octanol–water partition coefficient (Wildman–Crippen LogP) is 16.2. The summed E-state index contributed by atoms with van der Waals surface area (Å²) in [6.07, 6.45) is 0. The van der Waals surface area contributed by atoms with E-state index < -0.39 is 0 Å². The molecule has 0 spiro atoms. The first kappa shape index (κ1) is 35.7. The molecule has 0 saturated heterocycles. The number of benzene rings is 11. The molecule has 12 rings (SSSR count). The maximum absolute atomic E-state index is 5.37. The Hall–Kier alpha value is -8.20. The Labute approximate surface area is 360 Å². The zero-order valence-electron chi connectivity index (χ0n) is 33.8. The number of hydrogen-bond acceptors (Lipinski definition) is 2. The molecule has 0 aliphatic carbocycles. The van der Waals surface area contributed by atoms with Gasteiger partial charge in [0.15, 0.2) is 5.82 Å². The van der Waals surface area contributed by atoms with Crippen molar-refractivity contribution in [2.24, 2.45) is 0 Å². The summed E-state index contributed by atoms with van der Waals surface area (Å²) in [4.78, 5) is 10.7. The zero-order valence-corrected chi connectivity index (χ0v) is 33.8. The van der Waals surface area contributed by atoms with Gasteiger partial charge in [0.25, 0.3) is 0 Å². The van der Waals surface area contributed by atoms with Gasteiger partial charge in [0.05, 0.1) is 11.4 Å². The van der Waals surface area contributed by atoms with Gasteiger partial charge in [0, 0.05) is 16.7 Å². The van der Waals surface area contributed by atoms with E-state index in [9.17, 15) is 0 Å². The van der Waals surface area contributed by atoms with Gasteiger partial charge in [-0.3, -0.25) is 0 Å². The SMILES string of the molecule is c1ccc(-c2nc(-c3ccccc3-c3ccc4ccccc4c3)cc(-c3ccc(-c4c5ccccc5c(-c5ccccc5)c5ccc6ccccc6c45)c4ccccc34)n2)cc1. The third kappa shape index (κ3) is 5.96. The Bertz CT molecular complexity index is 3680. The lowest BCUT2D eigenvalue weighted by atomic mass is 9.82. The van der Waals surface area contributed by atoms with Crippen LogP contribution < -0.4 is 0 Å². The molecule has 12 aromatic rings. The van der Waals surface area contributed by atoms with Gasteiger partial charge in [0.1, 0.15) is 0 Å². The van der Waals surface area contributed by atoms with Crippen molar-refractivity contribution in [1.29, 1.82) is 0 Å². The van der Waals surface area contributed by atoms with Gasteiger partial charge in [-0.1, -0.05) is 218 Å². The zero-order chi connectivity index (χ0) is 41.0. The summed E-state index contributed by atoms with van der Waals surface area (Å²) in [5.74, 6) is 0.694. The highest BCUT2D eigenvalue weighted by molar-refractivity contribution is 6.29. The topological polar surface area (TPSA) is 25.8 Å². The van der Waals surface area contributed by atoms with Crippen LogP contribution in [0.25, 0.3) is 121 Å². The number of rotatable bonds is 6. The monoisotopic (exact) mass is 786 g/mol. The number of fused-ring (bicyclic) bond motifs is 6. The first-order valence-electron chi connectivity index (χ1n) is 21.2. The van der Waals surface area contributed by atoms with Crippen molar-refractivity contribution in [2.75, 3.05) is 0 Å². The van der Waals surface area contributed by atoms with E-state index in [2.05, 4.69) is 224 Å². The summed E-state index contributed by atoms with van der Waals surface area (Å²) in [5, 5.41) is 12.2. The van der Waals surface area contributed by atoms with Gasteiger partial charge in [0.2, 0.25) is 0 Å². The normalized spacial score (nSPS) is 11.5. The average Bonchev–Trinajstić information content (AvgIpc) is 3.35. The minimum atomic E-state index is 0.694. The highest BCUT2D eigenvalue weighted by Gasteiger charge is 2.22. The van der Waals surface area contributed by atoms with Gasteiger partial charge in [-0.2, -0.15) is 0 Å². The largest absolute Gasteiger partial charge is 0.228 e. The molecule has 0 unspecified atom stereocenters. The van der Waals surface area contributed by atoms with Crippen molar-refractivity contribution in [3.8, 4) is 67.3 Å². The quantitative estimate of drug-likeness (QED) is 0.124. The predicted molar refractivity (Wildman–Crippen MR) is 262 cm³/mol. The molecular formula is C60H38N2. The van der Waals surface area contributed by atoms with Crippen LogP contribution in [-0.2, 0) is 0 Å². The maximum atomic E-state index is 5.37. The fraction of sp³-hybridized carbons (Fsp3) is 0. The van der Waals surface area contributed by atoms with Crippen LogP contribution in [0.3, 0.4) is 0 Å². The second kappa shape index (κ2) is 14.8. The van der Waals surface area contributed by atoms with Crippen LogP contribution in [-0.4, -0.2) is 9.97 Å². The Morgan fingerprint density at radius 3 is 1.50 bits per heavy atom. The van der Waals surface area contributed by atoms with E-state index in [1.54, 1.807) is 0 Å². The van der Waals surface area contributed by atoms with Gasteiger partial charge in [-0.05, 0) is 99.4 Å². The third-order valence-electron chi connectivity index (χ3n) is 12.5. The van der Waals surface area contributed by atoms with E-state index >= 15 is 0 Å². The first-order chi connectivity index (χ1) is 30.8. The molecule has 1 aromatic heterocycles. The smallest absolute Gasteiger partial charge is 0.160 e. The summed E-state index contributed by atoms with van der Waals surface area (Å²) in [5.41, 5.74) is 12.1. The molecule has 11 aromatic carbocycles. The maximum Gasteiger partial charge on any atom is 0.160 e. The van der Waals surface area contributed by atoms with Gasteiger partial charge >= 0.3 is 0 Å². The fourth-order valence-corrected chi connectivity index (χ4v) is 9.64. The fourth-order valence-electron chi connectivity index (χ4n) is 9.64. The van der Waals surface area contributed by atoms with E-state index in [0.29, 0.717) is 5.82 Å². The molecule has 2 nitrogen and oxygen atoms in total. The van der Waals surface area contributed by atoms with Crippen LogP contribution in [0, 0.1) is 0 Å². The summed E-state index contributed by atoms with van der Waals surface area (Å²) in [6, 6.07) is 83.0. The number of aromatic nitrogens is 2. The molecule has 0 amide bonds. The lowest BCUT2D eigenvalue weighted by molar-refractivity contribution is 1.19. The summed E-state index contributed by atoms with van der Waals surface area (Å²) in [7, 11) is 0. The van der Waals surface area contributed by atoms with E-state index in [4.69, 9.17) is 9.97 Å². The second-order valence-electron chi connectivity index (χ2n) is 16.0. The molecule has 0 aliphatic heterocycles. The summed E-state index contributed by atoms with van der Waals surface area (Å²) in [6.45, 7) is 0. The van der Waals surface area contributed by atoms with Crippen LogP contribution in [0.2, 0.25) is 0 Å². The summed E-state index contributed by atoms with van der Waals surface area (Å²) >= 11 is 0. The van der Waals surface area contributed by atoms with Crippen molar-refractivity contribution in [2.45, 2.75) is 0 Å². The van der Waals surface area contributed by atoms with Crippen LogP contribution in [0.5, 0.6) is 0 Å². The Balaban J connectivity index is 1.12. The van der Waals surface area contributed by atoms with Gasteiger partial charge < -0.3 is 0 Å². The molecule has 1 heterocycles.